The Kier molecular flexibility index (Phi) is 5.42. The summed E-state index contributed by atoms with van der Waals surface area (Å²) in [6.07, 6.45) is 1.70. The Labute approximate surface area is 136 Å². The summed E-state index contributed by atoms with van der Waals surface area (Å²) in [7, 11) is 0. The minimum Gasteiger partial charge on any atom is -0.464 e. The van der Waals surface area contributed by atoms with Crippen LogP contribution >= 0.6 is 0 Å². The first-order chi connectivity index (χ1) is 10.9. The average molecular weight is 317 g/mol. The number of carbonyl (C=O) groups is 2. The maximum atomic E-state index is 12.1. The summed E-state index contributed by atoms with van der Waals surface area (Å²) in [6.45, 7) is 8.14. The molecule has 0 aliphatic carbocycles. The Morgan fingerprint density at radius 2 is 1.96 bits per heavy atom. The van der Waals surface area contributed by atoms with Gasteiger partial charge in [-0.3, -0.25) is 9.59 Å². The largest absolute Gasteiger partial charge is 0.464 e. The van der Waals surface area contributed by atoms with Gasteiger partial charge < -0.3 is 14.5 Å². The monoisotopic (exact) mass is 317 g/mol. The van der Waals surface area contributed by atoms with E-state index in [1.54, 1.807) is 13.2 Å². The molecule has 0 saturated carbocycles. The molecule has 0 saturated heterocycles. The Bertz CT molecular complexity index is 717. The third-order valence-corrected chi connectivity index (χ3v) is 3.83. The van der Waals surface area contributed by atoms with E-state index in [0.29, 0.717) is 6.54 Å². The molecule has 5 nitrogen and oxygen atoms in total. The van der Waals surface area contributed by atoms with Crippen molar-refractivity contribution in [3.63, 3.8) is 0 Å². The number of aryl methyl sites for hydroxylation is 2. The number of amides is 1. The van der Waals surface area contributed by atoms with Crippen molar-refractivity contribution >= 4 is 22.8 Å². The van der Waals surface area contributed by atoms with Gasteiger partial charge in [-0.25, -0.2) is 0 Å². The molecule has 5 heteroatoms. The van der Waals surface area contributed by atoms with Crippen LogP contribution in [0.3, 0.4) is 0 Å². The molecule has 124 valence electrons. The Balaban J connectivity index is 2.03. The molecular formula is C18H23NO4. The fraction of sp³-hybridized carbons (Fsp3) is 0.444. The van der Waals surface area contributed by atoms with Crippen LogP contribution in [0.15, 0.2) is 22.8 Å². The van der Waals surface area contributed by atoms with Crippen molar-refractivity contribution in [3.05, 3.63) is 35.1 Å². The Morgan fingerprint density at radius 1 is 1.26 bits per heavy atom. The second-order valence-electron chi connectivity index (χ2n) is 5.79. The van der Waals surface area contributed by atoms with Crippen LogP contribution in [0.2, 0.25) is 0 Å². The van der Waals surface area contributed by atoms with E-state index >= 15 is 0 Å². The number of ether oxygens (including phenoxy) is 1. The molecule has 0 spiro atoms. The van der Waals surface area contributed by atoms with Crippen molar-refractivity contribution in [3.8, 4) is 0 Å². The second kappa shape index (κ2) is 7.31. The van der Waals surface area contributed by atoms with E-state index in [1.165, 1.54) is 0 Å². The lowest BCUT2D eigenvalue weighted by Gasteiger charge is -2.12. The third kappa shape index (κ3) is 4.12. The standard InChI is InChI=1S/C18H23NO4/c1-5-6-19-18(21)13(4)23-17(20)9-14-10-22-16-8-12(3)11(2)7-15(14)16/h7-8,10,13H,5-6,9H2,1-4H3,(H,19,21)/t13-/m1/s1. The Hall–Kier alpha value is -2.30. The van der Waals surface area contributed by atoms with Crippen molar-refractivity contribution in [2.75, 3.05) is 6.54 Å². The number of fused-ring (bicyclic) bond motifs is 1. The van der Waals surface area contributed by atoms with Crippen LogP contribution < -0.4 is 5.32 Å². The predicted octanol–water partition coefficient (Wildman–Crippen LogP) is 3.05. The highest BCUT2D eigenvalue weighted by Gasteiger charge is 2.19. The number of furan rings is 1. The first-order valence-corrected chi connectivity index (χ1v) is 7.87. The predicted molar refractivity (Wildman–Crippen MR) is 88.2 cm³/mol. The van der Waals surface area contributed by atoms with Crippen LogP contribution in [-0.2, 0) is 20.7 Å². The minimum atomic E-state index is -0.795. The number of carbonyl (C=O) groups excluding carboxylic acids is 2. The van der Waals surface area contributed by atoms with Crippen molar-refractivity contribution in [1.82, 2.24) is 5.32 Å². The summed E-state index contributed by atoms with van der Waals surface area (Å²) < 4.78 is 10.7. The molecule has 1 N–H and O–H groups in total. The van der Waals surface area contributed by atoms with E-state index in [2.05, 4.69) is 5.32 Å². The lowest BCUT2D eigenvalue weighted by molar-refractivity contribution is -0.154. The van der Waals surface area contributed by atoms with Crippen LogP contribution in [0.5, 0.6) is 0 Å². The summed E-state index contributed by atoms with van der Waals surface area (Å²) in [5.74, 6) is -0.714. The van der Waals surface area contributed by atoms with Gasteiger partial charge in [0.15, 0.2) is 6.10 Å². The topological polar surface area (TPSA) is 68.5 Å². The van der Waals surface area contributed by atoms with E-state index < -0.39 is 12.1 Å². The summed E-state index contributed by atoms with van der Waals surface area (Å²) in [5, 5.41) is 3.62. The van der Waals surface area contributed by atoms with Crippen LogP contribution in [0.4, 0.5) is 0 Å². The van der Waals surface area contributed by atoms with Crippen molar-refractivity contribution in [2.24, 2.45) is 0 Å². The Morgan fingerprint density at radius 3 is 2.65 bits per heavy atom. The quantitative estimate of drug-likeness (QED) is 0.831. The molecule has 0 aliphatic heterocycles. The van der Waals surface area contributed by atoms with Gasteiger partial charge in [-0.15, -0.1) is 0 Å². The first kappa shape index (κ1) is 17.1. The van der Waals surface area contributed by atoms with Gasteiger partial charge in [0.05, 0.1) is 12.7 Å². The van der Waals surface area contributed by atoms with Crippen molar-refractivity contribution in [1.29, 1.82) is 0 Å². The SMILES string of the molecule is CCCNC(=O)[C@@H](C)OC(=O)Cc1coc2cc(C)c(C)cc12. The summed E-state index contributed by atoms with van der Waals surface area (Å²) in [5.41, 5.74) is 3.81. The van der Waals surface area contributed by atoms with E-state index in [1.807, 2.05) is 32.9 Å². The van der Waals surface area contributed by atoms with E-state index in [0.717, 1.165) is 34.1 Å². The lowest BCUT2D eigenvalue weighted by Crippen LogP contribution is -2.36. The summed E-state index contributed by atoms with van der Waals surface area (Å²) in [4.78, 5) is 23.8. The van der Waals surface area contributed by atoms with Gasteiger partial charge in [0.1, 0.15) is 5.58 Å². The average Bonchev–Trinajstić information content (AvgIpc) is 2.87. The number of hydrogen-bond donors (Lipinski definition) is 1. The van der Waals surface area contributed by atoms with Crippen molar-refractivity contribution in [2.45, 2.75) is 46.6 Å². The van der Waals surface area contributed by atoms with Gasteiger partial charge in [-0.1, -0.05) is 6.92 Å². The molecule has 1 atom stereocenters. The molecule has 1 aromatic heterocycles. The normalized spacial score (nSPS) is 12.2. The first-order valence-electron chi connectivity index (χ1n) is 7.87. The number of benzene rings is 1. The van der Waals surface area contributed by atoms with Crippen LogP contribution in [0.1, 0.15) is 37.0 Å². The van der Waals surface area contributed by atoms with E-state index in [4.69, 9.17) is 9.15 Å². The van der Waals surface area contributed by atoms with Gasteiger partial charge in [0.2, 0.25) is 0 Å². The molecule has 0 unspecified atom stereocenters. The van der Waals surface area contributed by atoms with E-state index in [-0.39, 0.29) is 12.3 Å². The zero-order chi connectivity index (χ0) is 17.0. The number of rotatable bonds is 6. The zero-order valence-electron chi connectivity index (χ0n) is 14.1. The smallest absolute Gasteiger partial charge is 0.311 e. The molecule has 2 rings (SSSR count). The lowest BCUT2D eigenvalue weighted by atomic mass is 10.0. The fourth-order valence-corrected chi connectivity index (χ4v) is 2.31. The summed E-state index contributed by atoms with van der Waals surface area (Å²) >= 11 is 0. The van der Waals surface area contributed by atoms with Gasteiger partial charge in [-0.05, 0) is 50.5 Å². The van der Waals surface area contributed by atoms with Gasteiger partial charge in [-0.2, -0.15) is 0 Å². The molecule has 0 fully saturated rings. The maximum absolute atomic E-state index is 12.1. The minimum absolute atomic E-state index is 0.0842. The number of hydrogen-bond acceptors (Lipinski definition) is 4. The number of nitrogens with one attached hydrogen (secondary N) is 1. The maximum Gasteiger partial charge on any atom is 0.311 e. The molecule has 1 aromatic carbocycles. The highest BCUT2D eigenvalue weighted by Crippen LogP contribution is 2.25. The highest BCUT2D eigenvalue weighted by atomic mass is 16.5. The molecule has 0 aliphatic rings. The molecule has 0 radical (unpaired) electrons. The van der Waals surface area contributed by atoms with Gasteiger partial charge in [0, 0.05) is 17.5 Å². The fourth-order valence-electron chi connectivity index (χ4n) is 2.31. The third-order valence-electron chi connectivity index (χ3n) is 3.83. The molecule has 0 bridgehead atoms. The highest BCUT2D eigenvalue weighted by molar-refractivity contribution is 5.88. The number of esters is 1. The van der Waals surface area contributed by atoms with Crippen LogP contribution in [0.25, 0.3) is 11.0 Å². The molecular weight excluding hydrogens is 294 g/mol. The molecule has 1 amide bonds. The molecule has 2 aromatic rings. The van der Waals surface area contributed by atoms with Crippen LogP contribution in [0, 0.1) is 13.8 Å². The zero-order valence-corrected chi connectivity index (χ0v) is 14.1. The summed E-state index contributed by atoms with van der Waals surface area (Å²) in [6, 6.07) is 3.97. The van der Waals surface area contributed by atoms with Crippen LogP contribution in [-0.4, -0.2) is 24.5 Å². The second-order valence-corrected chi connectivity index (χ2v) is 5.79. The van der Waals surface area contributed by atoms with Gasteiger partial charge in [0.25, 0.3) is 5.91 Å². The van der Waals surface area contributed by atoms with Crippen molar-refractivity contribution < 1.29 is 18.7 Å². The molecule has 23 heavy (non-hydrogen) atoms. The van der Waals surface area contributed by atoms with E-state index in [9.17, 15) is 9.59 Å². The molecule has 1 heterocycles. The van der Waals surface area contributed by atoms with Gasteiger partial charge >= 0.3 is 5.97 Å².